The summed E-state index contributed by atoms with van der Waals surface area (Å²) in [7, 11) is 0. The van der Waals surface area contributed by atoms with E-state index in [1.807, 2.05) is 0 Å². The fourth-order valence-corrected chi connectivity index (χ4v) is 2.34. The molecule has 0 aliphatic heterocycles. The highest BCUT2D eigenvalue weighted by molar-refractivity contribution is 9.10. The Morgan fingerprint density at radius 3 is 2.68 bits per heavy atom. The molecule has 0 saturated heterocycles. The molecule has 4 nitrogen and oxygen atoms in total. The molecule has 0 radical (unpaired) electrons. The quantitative estimate of drug-likeness (QED) is 0.918. The Morgan fingerprint density at radius 1 is 1.37 bits per heavy atom. The van der Waals surface area contributed by atoms with Crippen LogP contribution in [0.3, 0.4) is 0 Å². The number of anilines is 1. The topological polar surface area (TPSA) is 54.9 Å². The zero-order valence-corrected chi connectivity index (χ0v) is 11.4. The SMILES string of the molecule is O=C(Nc1nnc(C(F)F)s1)c1ccc(F)cc1Br. The highest BCUT2D eigenvalue weighted by Gasteiger charge is 2.17. The van der Waals surface area contributed by atoms with E-state index in [4.69, 9.17) is 0 Å². The molecule has 0 unspecified atom stereocenters. The van der Waals surface area contributed by atoms with E-state index in [-0.39, 0.29) is 15.2 Å². The normalized spacial score (nSPS) is 10.8. The monoisotopic (exact) mass is 351 g/mol. The minimum atomic E-state index is -2.74. The first-order chi connectivity index (χ1) is 8.97. The molecule has 1 N–H and O–H groups in total. The number of nitrogens with one attached hydrogen (secondary N) is 1. The molecule has 1 aromatic heterocycles. The third kappa shape index (κ3) is 3.29. The highest BCUT2D eigenvalue weighted by Crippen LogP contribution is 2.26. The van der Waals surface area contributed by atoms with Crippen LogP contribution >= 0.6 is 27.3 Å². The molecule has 0 fully saturated rings. The van der Waals surface area contributed by atoms with Crippen LogP contribution in [0.5, 0.6) is 0 Å². The molecule has 1 aromatic carbocycles. The fraction of sp³-hybridized carbons (Fsp3) is 0.100. The molecule has 0 aliphatic rings. The van der Waals surface area contributed by atoms with Crippen molar-refractivity contribution in [2.24, 2.45) is 0 Å². The smallest absolute Gasteiger partial charge is 0.291 e. The molecule has 0 aliphatic carbocycles. The van der Waals surface area contributed by atoms with Crippen LogP contribution in [-0.4, -0.2) is 16.1 Å². The first-order valence-corrected chi connectivity index (χ1v) is 6.46. The second-order valence-corrected chi connectivity index (χ2v) is 5.19. The van der Waals surface area contributed by atoms with Gasteiger partial charge in [-0.25, -0.2) is 13.2 Å². The van der Waals surface area contributed by atoms with E-state index in [0.717, 1.165) is 12.1 Å². The van der Waals surface area contributed by atoms with E-state index >= 15 is 0 Å². The van der Waals surface area contributed by atoms with E-state index in [1.54, 1.807) is 0 Å². The molecule has 1 amide bonds. The Balaban J connectivity index is 2.16. The summed E-state index contributed by atoms with van der Waals surface area (Å²) in [6.45, 7) is 0. The van der Waals surface area contributed by atoms with Crippen LogP contribution in [0.1, 0.15) is 21.8 Å². The fourth-order valence-electron chi connectivity index (χ4n) is 1.21. The molecular formula is C10H5BrF3N3OS. The van der Waals surface area contributed by atoms with Crippen molar-refractivity contribution in [3.05, 3.63) is 39.1 Å². The lowest BCUT2D eigenvalue weighted by Gasteiger charge is -2.03. The number of carbonyl (C=O) groups excluding carboxylic acids is 1. The predicted molar refractivity (Wildman–Crippen MR) is 66.9 cm³/mol. The standard InChI is InChI=1S/C10H5BrF3N3OS/c11-6-3-4(12)1-2-5(6)8(18)15-10-17-16-9(19-10)7(13)14/h1-3,7H,(H,15,17,18). The molecule has 0 spiro atoms. The van der Waals surface area contributed by atoms with Gasteiger partial charge in [-0.2, -0.15) is 0 Å². The second-order valence-electron chi connectivity index (χ2n) is 3.32. The van der Waals surface area contributed by atoms with E-state index in [9.17, 15) is 18.0 Å². The number of alkyl halides is 2. The van der Waals surface area contributed by atoms with Gasteiger partial charge in [-0.1, -0.05) is 11.3 Å². The molecule has 100 valence electrons. The van der Waals surface area contributed by atoms with Crippen molar-refractivity contribution in [2.45, 2.75) is 6.43 Å². The molecule has 2 rings (SSSR count). The maximum Gasteiger partial charge on any atom is 0.291 e. The summed E-state index contributed by atoms with van der Waals surface area (Å²) >= 11 is 3.62. The molecule has 0 atom stereocenters. The molecule has 19 heavy (non-hydrogen) atoms. The van der Waals surface area contributed by atoms with E-state index in [2.05, 4.69) is 31.4 Å². The van der Waals surface area contributed by atoms with Crippen molar-refractivity contribution >= 4 is 38.3 Å². The maximum absolute atomic E-state index is 12.9. The number of carbonyl (C=O) groups is 1. The van der Waals surface area contributed by atoms with Crippen LogP contribution < -0.4 is 5.32 Å². The van der Waals surface area contributed by atoms with Gasteiger partial charge in [-0.3, -0.25) is 10.1 Å². The minimum Gasteiger partial charge on any atom is -0.296 e. The number of amides is 1. The van der Waals surface area contributed by atoms with Gasteiger partial charge in [0.25, 0.3) is 12.3 Å². The van der Waals surface area contributed by atoms with Crippen molar-refractivity contribution in [1.82, 2.24) is 10.2 Å². The third-order valence-corrected chi connectivity index (χ3v) is 3.53. The maximum atomic E-state index is 12.9. The van der Waals surface area contributed by atoms with Gasteiger partial charge in [-0.15, -0.1) is 10.2 Å². The summed E-state index contributed by atoms with van der Waals surface area (Å²) in [4.78, 5) is 11.8. The van der Waals surface area contributed by atoms with Gasteiger partial charge in [0.1, 0.15) is 5.82 Å². The lowest BCUT2D eigenvalue weighted by atomic mass is 10.2. The molecule has 9 heteroatoms. The summed E-state index contributed by atoms with van der Waals surface area (Å²) in [6.07, 6.45) is -2.74. The average molecular weight is 352 g/mol. The average Bonchev–Trinajstić information content (AvgIpc) is 2.77. The number of hydrogen-bond acceptors (Lipinski definition) is 4. The Kier molecular flexibility index (Phi) is 4.15. The summed E-state index contributed by atoms with van der Waals surface area (Å²) in [5, 5.41) is 8.44. The summed E-state index contributed by atoms with van der Waals surface area (Å²) in [5.74, 6) is -1.09. The molecule has 0 saturated carbocycles. The lowest BCUT2D eigenvalue weighted by Crippen LogP contribution is -2.12. The highest BCUT2D eigenvalue weighted by atomic mass is 79.9. The number of rotatable bonds is 3. The third-order valence-electron chi connectivity index (χ3n) is 2.02. The lowest BCUT2D eigenvalue weighted by molar-refractivity contribution is 0.102. The Labute approximate surface area is 117 Å². The predicted octanol–water partition coefficient (Wildman–Crippen LogP) is 3.63. The summed E-state index contributed by atoms with van der Waals surface area (Å²) in [6, 6.07) is 3.51. The Morgan fingerprint density at radius 2 is 2.11 bits per heavy atom. The van der Waals surface area contributed by atoms with Gasteiger partial charge in [-0.05, 0) is 34.1 Å². The van der Waals surface area contributed by atoms with Crippen LogP contribution in [0.15, 0.2) is 22.7 Å². The van der Waals surface area contributed by atoms with Crippen molar-refractivity contribution in [2.75, 3.05) is 5.32 Å². The number of halogens is 4. The number of nitrogens with zero attached hydrogens (tertiary/aromatic N) is 2. The Bertz CT molecular complexity index is 620. The van der Waals surface area contributed by atoms with Crippen molar-refractivity contribution in [1.29, 1.82) is 0 Å². The summed E-state index contributed by atoms with van der Waals surface area (Å²) in [5.41, 5.74) is 0.162. The van der Waals surface area contributed by atoms with Crippen molar-refractivity contribution in [3.63, 3.8) is 0 Å². The van der Waals surface area contributed by atoms with Crippen molar-refractivity contribution in [3.8, 4) is 0 Å². The first-order valence-electron chi connectivity index (χ1n) is 4.85. The van der Waals surface area contributed by atoms with Crippen LogP contribution in [-0.2, 0) is 0 Å². The summed E-state index contributed by atoms with van der Waals surface area (Å²) < 4.78 is 37.7. The second kappa shape index (κ2) is 5.66. The molecule has 0 bridgehead atoms. The van der Waals surface area contributed by atoms with Crippen LogP contribution in [0.2, 0.25) is 0 Å². The van der Waals surface area contributed by atoms with E-state index in [0.29, 0.717) is 11.3 Å². The zero-order chi connectivity index (χ0) is 14.0. The molecule has 1 heterocycles. The van der Waals surface area contributed by atoms with Gasteiger partial charge in [0.2, 0.25) is 5.13 Å². The Hall–Kier alpha value is -1.48. The van der Waals surface area contributed by atoms with Gasteiger partial charge in [0.15, 0.2) is 5.01 Å². The van der Waals surface area contributed by atoms with Gasteiger partial charge >= 0.3 is 0 Å². The van der Waals surface area contributed by atoms with E-state index in [1.165, 1.54) is 6.07 Å². The van der Waals surface area contributed by atoms with Gasteiger partial charge < -0.3 is 0 Å². The van der Waals surface area contributed by atoms with Crippen LogP contribution in [0.25, 0.3) is 0 Å². The number of benzene rings is 1. The zero-order valence-electron chi connectivity index (χ0n) is 9.03. The minimum absolute atomic E-state index is 0.0449. The van der Waals surface area contributed by atoms with Gasteiger partial charge in [0.05, 0.1) is 5.56 Å². The first kappa shape index (κ1) is 13.9. The van der Waals surface area contributed by atoms with Gasteiger partial charge in [0, 0.05) is 4.47 Å². The van der Waals surface area contributed by atoms with E-state index < -0.39 is 23.2 Å². The number of hydrogen-bond donors (Lipinski definition) is 1. The van der Waals surface area contributed by atoms with Crippen LogP contribution in [0.4, 0.5) is 18.3 Å². The van der Waals surface area contributed by atoms with Crippen LogP contribution in [0, 0.1) is 5.82 Å². The van der Waals surface area contributed by atoms with Crippen molar-refractivity contribution < 1.29 is 18.0 Å². The largest absolute Gasteiger partial charge is 0.296 e. The molecular weight excluding hydrogens is 347 g/mol. The number of aromatic nitrogens is 2. The molecule has 2 aromatic rings.